The van der Waals surface area contributed by atoms with Crippen LogP contribution in [0.15, 0.2) is 0 Å². The van der Waals surface area contributed by atoms with Crippen molar-refractivity contribution in [1.82, 2.24) is 20.9 Å². The standard InChI is InChI=1S/C28H42F2N4O6/c1-24(2,3)18(32-23(39)40-25(4,5)6)22(38)34-11-15-16(26(15,7)8)17(34)20(36)33-27(12-28(29,30)13-27)19(35)21(37)31-14-9-10-14/h14-18H,9-13H2,1-8H3,(H,31,37)(H,32,39)(H,33,36)/t15-,16-,17-,18+/m0/s1. The number of ether oxygens (including phenoxy) is 1. The van der Waals surface area contributed by atoms with Crippen molar-refractivity contribution in [3.63, 3.8) is 0 Å². The Morgan fingerprint density at radius 2 is 1.55 bits per heavy atom. The van der Waals surface area contributed by atoms with Gasteiger partial charge in [-0.1, -0.05) is 34.6 Å². The smallest absolute Gasteiger partial charge is 0.408 e. The van der Waals surface area contributed by atoms with E-state index >= 15 is 0 Å². The van der Waals surface area contributed by atoms with E-state index in [1.807, 2.05) is 13.8 Å². The van der Waals surface area contributed by atoms with Crippen LogP contribution in [-0.2, 0) is 23.9 Å². The van der Waals surface area contributed by atoms with E-state index in [1.165, 1.54) is 4.90 Å². The van der Waals surface area contributed by atoms with Crippen LogP contribution in [-0.4, -0.2) is 76.2 Å². The highest BCUT2D eigenvalue weighted by Gasteiger charge is 2.71. The number of alkyl halides is 2. The zero-order valence-electron chi connectivity index (χ0n) is 24.6. The number of likely N-dealkylation sites (tertiary alicyclic amines) is 1. The molecule has 3 saturated carbocycles. The lowest BCUT2D eigenvalue weighted by Crippen LogP contribution is -2.71. The average molecular weight is 569 g/mol. The molecule has 4 rings (SSSR count). The predicted molar refractivity (Wildman–Crippen MR) is 140 cm³/mol. The second-order valence-electron chi connectivity index (χ2n) is 14.7. The number of ketones is 1. The summed E-state index contributed by atoms with van der Waals surface area (Å²) < 4.78 is 33.5. The molecule has 0 radical (unpaired) electrons. The molecule has 0 bridgehead atoms. The van der Waals surface area contributed by atoms with E-state index in [1.54, 1.807) is 41.5 Å². The zero-order chi connectivity index (χ0) is 30.2. The molecule has 1 heterocycles. The molecule has 224 valence electrons. The predicted octanol–water partition coefficient (Wildman–Crippen LogP) is 2.54. The zero-order valence-corrected chi connectivity index (χ0v) is 24.6. The molecule has 4 atom stereocenters. The van der Waals surface area contributed by atoms with Crippen LogP contribution in [0.5, 0.6) is 0 Å². The molecule has 1 aliphatic heterocycles. The summed E-state index contributed by atoms with van der Waals surface area (Å²) in [5.41, 5.74) is -3.89. The molecule has 10 nitrogen and oxygen atoms in total. The Kier molecular flexibility index (Phi) is 7.07. The Labute approximate surface area is 233 Å². The average Bonchev–Trinajstić information content (AvgIpc) is 3.60. The van der Waals surface area contributed by atoms with Crippen LogP contribution in [0.1, 0.15) is 81.1 Å². The number of hydrogen-bond acceptors (Lipinski definition) is 6. The van der Waals surface area contributed by atoms with E-state index in [2.05, 4.69) is 16.0 Å². The SMILES string of the molecule is CC(C)(C)OC(=O)N[C@H](C(=O)N1C[C@H]2[C@@H]([C@H]1C(=O)NC1(C(=O)C(=O)NC3CC3)CC(F)(F)C1)C2(C)C)C(C)(C)C. The van der Waals surface area contributed by atoms with Gasteiger partial charge in [0.25, 0.3) is 11.8 Å². The number of amides is 4. The van der Waals surface area contributed by atoms with Gasteiger partial charge in [-0.3, -0.25) is 19.2 Å². The molecule has 0 aromatic heterocycles. The molecule has 3 N–H and O–H groups in total. The monoisotopic (exact) mass is 568 g/mol. The molecule has 0 spiro atoms. The van der Waals surface area contributed by atoms with Gasteiger partial charge in [-0.15, -0.1) is 0 Å². The summed E-state index contributed by atoms with van der Waals surface area (Å²) in [4.78, 5) is 67.3. The third kappa shape index (κ3) is 5.81. The molecular formula is C28H42F2N4O6. The van der Waals surface area contributed by atoms with Gasteiger partial charge in [0.1, 0.15) is 23.2 Å². The number of rotatable bonds is 7. The van der Waals surface area contributed by atoms with Crippen molar-refractivity contribution in [3.8, 4) is 0 Å². The second-order valence-corrected chi connectivity index (χ2v) is 14.7. The van der Waals surface area contributed by atoms with Crippen molar-refractivity contribution in [2.75, 3.05) is 6.54 Å². The third-order valence-corrected chi connectivity index (χ3v) is 8.57. The summed E-state index contributed by atoms with van der Waals surface area (Å²) in [6, 6.07) is -2.26. The topological polar surface area (TPSA) is 134 Å². The van der Waals surface area contributed by atoms with E-state index < -0.39 is 77.0 Å². The first kappa shape index (κ1) is 30.2. The highest BCUT2D eigenvalue weighted by atomic mass is 19.3. The van der Waals surface area contributed by atoms with Crippen molar-refractivity contribution >= 4 is 29.6 Å². The summed E-state index contributed by atoms with van der Waals surface area (Å²) in [5, 5.41) is 7.66. The summed E-state index contributed by atoms with van der Waals surface area (Å²) >= 11 is 0. The Bertz CT molecular complexity index is 1110. The van der Waals surface area contributed by atoms with Crippen molar-refractivity contribution in [1.29, 1.82) is 0 Å². The summed E-state index contributed by atoms with van der Waals surface area (Å²) in [6.45, 7) is 14.6. The van der Waals surface area contributed by atoms with Gasteiger partial charge in [-0.2, -0.15) is 0 Å². The van der Waals surface area contributed by atoms with Gasteiger partial charge in [0.05, 0.1) is 0 Å². The maximum absolute atomic E-state index is 14.1. The Morgan fingerprint density at radius 3 is 2.02 bits per heavy atom. The summed E-state index contributed by atoms with van der Waals surface area (Å²) in [7, 11) is 0. The molecule has 40 heavy (non-hydrogen) atoms. The van der Waals surface area contributed by atoms with Gasteiger partial charge in [0.2, 0.25) is 17.6 Å². The molecule has 12 heteroatoms. The lowest BCUT2D eigenvalue weighted by Gasteiger charge is -2.47. The quantitative estimate of drug-likeness (QED) is 0.404. The Morgan fingerprint density at radius 1 is 0.975 bits per heavy atom. The Hall–Kier alpha value is -2.79. The number of piperidine rings is 1. The molecule has 4 aliphatic rings. The number of carbonyl (C=O) groups excluding carboxylic acids is 5. The molecule has 3 aliphatic carbocycles. The molecule has 4 amide bonds. The van der Waals surface area contributed by atoms with Crippen LogP contribution in [0.2, 0.25) is 0 Å². The van der Waals surface area contributed by atoms with Crippen molar-refractivity contribution in [2.24, 2.45) is 22.7 Å². The number of carbonyl (C=O) groups is 5. The fraction of sp³-hybridized carbons (Fsp3) is 0.821. The lowest BCUT2D eigenvalue weighted by molar-refractivity contribution is -0.169. The fourth-order valence-electron chi connectivity index (χ4n) is 6.20. The molecule has 0 unspecified atom stereocenters. The first-order chi connectivity index (χ1) is 18.1. The molecule has 0 aromatic rings. The third-order valence-electron chi connectivity index (χ3n) is 8.57. The van der Waals surface area contributed by atoms with Crippen LogP contribution in [0.3, 0.4) is 0 Å². The molecule has 0 aromatic carbocycles. The minimum absolute atomic E-state index is 0.0259. The largest absolute Gasteiger partial charge is 0.444 e. The van der Waals surface area contributed by atoms with E-state index in [0.29, 0.717) is 12.8 Å². The first-order valence-electron chi connectivity index (χ1n) is 13.9. The molecule has 1 saturated heterocycles. The number of halogens is 2. The minimum Gasteiger partial charge on any atom is -0.444 e. The maximum Gasteiger partial charge on any atom is 0.408 e. The van der Waals surface area contributed by atoms with E-state index in [0.717, 1.165) is 0 Å². The van der Waals surface area contributed by atoms with Gasteiger partial charge in [0, 0.05) is 25.4 Å². The fourth-order valence-corrected chi connectivity index (χ4v) is 6.20. The normalized spacial score (nSPS) is 28.4. The van der Waals surface area contributed by atoms with Gasteiger partial charge in [-0.05, 0) is 56.3 Å². The van der Waals surface area contributed by atoms with Crippen LogP contribution in [0.4, 0.5) is 13.6 Å². The van der Waals surface area contributed by atoms with Gasteiger partial charge in [0.15, 0.2) is 0 Å². The highest BCUT2D eigenvalue weighted by Crippen LogP contribution is 2.65. The van der Waals surface area contributed by atoms with Gasteiger partial charge in [-0.25, -0.2) is 13.6 Å². The first-order valence-corrected chi connectivity index (χ1v) is 13.9. The number of fused-ring (bicyclic) bond motifs is 1. The second kappa shape index (κ2) is 9.37. The minimum atomic E-state index is -3.20. The number of Topliss-reactive ketones (excluding diaryl/α,β-unsaturated/α-hetero) is 1. The number of nitrogens with zero attached hydrogens (tertiary/aromatic N) is 1. The van der Waals surface area contributed by atoms with E-state index in [-0.39, 0.29) is 29.8 Å². The summed E-state index contributed by atoms with van der Waals surface area (Å²) in [5.74, 6) is -6.85. The van der Waals surface area contributed by atoms with E-state index in [9.17, 15) is 32.8 Å². The van der Waals surface area contributed by atoms with Crippen LogP contribution in [0, 0.1) is 22.7 Å². The van der Waals surface area contributed by atoms with Crippen molar-refractivity contribution < 1.29 is 37.5 Å². The summed E-state index contributed by atoms with van der Waals surface area (Å²) in [6.07, 6.45) is -1.33. The van der Waals surface area contributed by atoms with Crippen LogP contribution >= 0.6 is 0 Å². The van der Waals surface area contributed by atoms with Gasteiger partial charge < -0.3 is 25.6 Å². The lowest BCUT2D eigenvalue weighted by atomic mass is 9.70. The van der Waals surface area contributed by atoms with Crippen LogP contribution in [0.25, 0.3) is 0 Å². The maximum atomic E-state index is 14.1. The van der Waals surface area contributed by atoms with Gasteiger partial charge >= 0.3 is 6.09 Å². The molecular weight excluding hydrogens is 526 g/mol. The number of hydrogen-bond donors (Lipinski definition) is 3. The Balaban J connectivity index is 1.57. The van der Waals surface area contributed by atoms with Crippen molar-refractivity contribution in [3.05, 3.63) is 0 Å². The molecule has 4 fully saturated rings. The number of nitrogens with one attached hydrogen (secondary N) is 3. The number of alkyl carbamates (subject to hydrolysis) is 1. The van der Waals surface area contributed by atoms with Crippen LogP contribution < -0.4 is 16.0 Å². The van der Waals surface area contributed by atoms with E-state index in [4.69, 9.17) is 4.74 Å². The van der Waals surface area contributed by atoms with Crippen molar-refractivity contribution in [2.45, 2.75) is 116 Å². The highest BCUT2D eigenvalue weighted by molar-refractivity contribution is 6.40.